The van der Waals surface area contributed by atoms with Gasteiger partial charge in [-0.15, -0.1) is 0 Å². The summed E-state index contributed by atoms with van der Waals surface area (Å²) in [4.78, 5) is 36.6. The Morgan fingerprint density at radius 1 is 1.26 bits per heavy atom. The first-order chi connectivity index (χ1) is 16.2. The molecule has 2 aromatic heterocycles. The van der Waals surface area contributed by atoms with Gasteiger partial charge >= 0.3 is 6.09 Å². The van der Waals surface area contributed by atoms with E-state index in [4.69, 9.17) is 9.72 Å². The summed E-state index contributed by atoms with van der Waals surface area (Å²) >= 11 is 0. The van der Waals surface area contributed by atoms with Crippen molar-refractivity contribution in [2.24, 2.45) is 5.92 Å². The van der Waals surface area contributed by atoms with Crippen LogP contribution in [0.2, 0.25) is 0 Å². The Bertz CT molecular complexity index is 1100. The smallest absolute Gasteiger partial charge is 0.410 e. The number of carbonyl (C=O) groups excluding carboxylic acids is 2. The predicted octanol–water partition coefficient (Wildman–Crippen LogP) is 3.89. The third kappa shape index (κ3) is 4.20. The predicted molar refractivity (Wildman–Crippen MR) is 130 cm³/mol. The normalized spacial score (nSPS) is 24.6. The number of anilines is 1. The fourth-order valence-corrected chi connectivity index (χ4v) is 5.65. The molecule has 3 aliphatic rings. The number of nitrogens with zero attached hydrogens (tertiary/aromatic N) is 4. The van der Waals surface area contributed by atoms with Crippen LogP contribution in [-0.2, 0) is 10.3 Å². The Kier molecular flexibility index (Phi) is 5.68. The van der Waals surface area contributed by atoms with E-state index in [2.05, 4.69) is 27.1 Å². The molecule has 0 bridgehead atoms. The molecule has 0 unspecified atom stereocenters. The van der Waals surface area contributed by atoms with E-state index in [1.165, 1.54) is 6.42 Å². The first-order valence-electron chi connectivity index (χ1n) is 12.6. The number of amides is 2. The highest BCUT2D eigenvalue weighted by molar-refractivity contribution is 5.99. The third-order valence-corrected chi connectivity index (χ3v) is 7.53. The average Bonchev–Trinajstić information content (AvgIpc) is 3.18. The topological polar surface area (TPSA) is 101 Å². The molecule has 2 atom stereocenters. The van der Waals surface area contributed by atoms with Crippen LogP contribution in [-0.4, -0.2) is 62.7 Å². The first kappa shape index (κ1) is 22.9. The highest BCUT2D eigenvalue weighted by atomic mass is 16.6. The first-order valence-corrected chi connectivity index (χ1v) is 12.6. The summed E-state index contributed by atoms with van der Waals surface area (Å²) in [6.07, 6.45) is 8.04. The molecule has 1 aliphatic carbocycles. The number of fused-ring (bicyclic) bond motifs is 4. The van der Waals surface area contributed by atoms with Crippen LogP contribution in [0.15, 0.2) is 12.3 Å². The van der Waals surface area contributed by atoms with Crippen molar-refractivity contribution in [2.75, 3.05) is 25.0 Å². The molecule has 2 fully saturated rings. The molecule has 1 spiro atoms. The highest BCUT2D eigenvalue weighted by Crippen LogP contribution is 2.40. The summed E-state index contributed by atoms with van der Waals surface area (Å²) in [5.41, 5.74) is 0.862. The van der Waals surface area contributed by atoms with Crippen molar-refractivity contribution in [1.29, 1.82) is 0 Å². The van der Waals surface area contributed by atoms with E-state index in [0.717, 1.165) is 43.1 Å². The summed E-state index contributed by atoms with van der Waals surface area (Å²) in [5, 5.41) is 7.47. The lowest BCUT2D eigenvalue weighted by Crippen LogP contribution is -2.52. The molecule has 4 heterocycles. The molecule has 2 N–H and O–H groups in total. The lowest BCUT2D eigenvalue weighted by Gasteiger charge is -2.43. The van der Waals surface area contributed by atoms with Crippen LogP contribution < -0.4 is 10.6 Å². The number of carbonyl (C=O) groups is 2. The minimum atomic E-state index is -0.521. The minimum absolute atomic E-state index is 0.0152. The molecular formula is C25H36N6O3. The Morgan fingerprint density at radius 2 is 2.03 bits per heavy atom. The summed E-state index contributed by atoms with van der Waals surface area (Å²) in [7, 11) is 0. The lowest BCUT2D eigenvalue weighted by atomic mass is 9.80. The van der Waals surface area contributed by atoms with Gasteiger partial charge in [-0.05, 0) is 52.0 Å². The molecule has 1 saturated heterocycles. The van der Waals surface area contributed by atoms with Crippen molar-refractivity contribution in [1.82, 2.24) is 24.8 Å². The highest BCUT2D eigenvalue weighted by Gasteiger charge is 2.41. The molecule has 9 heteroatoms. The van der Waals surface area contributed by atoms with Crippen LogP contribution in [0.25, 0.3) is 11.0 Å². The van der Waals surface area contributed by atoms with Crippen molar-refractivity contribution in [3.05, 3.63) is 18.0 Å². The number of ether oxygens (including phenoxy) is 1. The van der Waals surface area contributed by atoms with Gasteiger partial charge in [0, 0.05) is 37.3 Å². The number of likely N-dealkylation sites (tertiary alicyclic amines) is 1. The molecule has 2 amide bonds. The molecular weight excluding hydrogens is 432 g/mol. The minimum Gasteiger partial charge on any atom is -0.444 e. The maximum Gasteiger partial charge on any atom is 0.410 e. The van der Waals surface area contributed by atoms with Crippen LogP contribution in [0.1, 0.15) is 76.7 Å². The molecule has 34 heavy (non-hydrogen) atoms. The van der Waals surface area contributed by atoms with Crippen molar-refractivity contribution >= 4 is 29.0 Å². The van der Waals surface area contributed by atoms with Gasteiger partial charge in [0.2, 0.25) is 5.95 Å². The van der Waals surface area contributed by atoms with E-state index in [1.807, 2.05) is 26.8 Å². The molecule has 184 valence electrons. The number of hydrogen-bond donors (Lipinski definition) is 2. The van der Waals surface area contributed by atoms with E-state index in [-0.39, 0.29) is 23.6 Å². The zero-order valence-electron chi connectivity index (χ0n) is 20.7. The molecule has 0 aromatic carbocycles. The fourth-order valence-electron chi connectivity index (χ4n) is 5.65. The lowest BCUT2D eigenvalue weighted by molar-refractivity contribution is 0.0176. The Hall–Kier alpha value is -2.84. The second-order valence-electron chi connectivity index (χ2n) is 11.2. The number of aromatic nitrogens is 3. The number of rotatable bonds is 2. The molecule has 2 aromatic rings. The van der Waals surface area contributed by atoms with Gasteiger partial charge in [-0.2, -0.15) is 4.98 Å². The molecule has 9 nitrogen and oxygen atoms in total. The zero-order valence-corrected chi connectivity index (χ0v) is 20.7. The van der Waals surface area contributed by atoms with Gasteiger partial charge in [-0.3, -0.25) is 4.79 Å². The van der Waals surface area contributed by atoms with Gasteiger partial charge in [-0.1, -0.05) is 26.2 Å². The van der Waals surface area contributed by atoms with Crippen LogP contribution in [0.3, 0.4) is 0 Å². The van der Waals surface area contributed by atoms with E-state index >= 15 is 0 Å². The quantitative estimate of drug-likeness (QED) is 0.693. The summed E-state index contributed by atoms with van der Waals surface area (Å²) in [6.45, 7) is 9.70. The van der Waals surface area contributed by atoms with Gasteiger partial charge in [0.15, 0.2) is 0 Å². The van der Waals surface area contributed by atoms with Gasteiger partial charge in [0.1, 0.15) is 16.9 Å². The summed E-state index contributed by atoms with van der Waals surface area (Å²) in [6, 6.07) is 1.93. The van der Waals surface area contributed by atoms with Crippen molar-refractivity contribution in [3.8, 4) is 0 Å². The second-order valence-corrected chi connectivity index (χ2v) is 11.2. The SMILES string of the molecule is C[C@H]1CCN(C(=O)OC(C)(C)C)C[C@H]1Nc1ncc2cc3n(c2n1)C1(CCCCC1)CNC3=O. The second kappa shape index (κ2) is 8.43. The molecule has 1 saturated carbocycles. The number of nitrogens with one attached hydrogen (secondary N) is 2. The van der Waals surface area contributed by atoms with Crippen LogP contribution in [0.5, 0.6) is 0 Å². The largest absolute Gasteiger partial charge is 0.444 e. The van der Waals surface area contributed by atoms with Crippen molar-refractivity contribution < 1.29 is 14.3 Å². The monoisotopic (exact) mass is 468 g/mol. The summed E-state index contributed by atoms with van der Waals surface area (Å²) < 4.78 is 7.77. The maximum absolute atomic E-state index is 12.7. The third-order valence-electron chi connectivity index (χ3n) is 7.53. The Balaban J connectivity index is 1.42. The van der Waals surface area contributed by atoms with E-state index in [9.17, 15) is 9.59 Å². The Morgan fingerprint density at radius 3 is 2.76 bits per heavy atom. The standard InChI is InChI=1S/C25H36N6O3/c1-16-8-11-30(23(33)34-24(2,3)4)14-18(16)28-22-26-13-17-12-19-21(32)27-15-25(9-6-5-7-10-25)31(19)20(17)29-22/h12-13,16,18H,5-11,14-15H2,1-4H3,(H,27,32)(H,26,28,29)/t16-,18+/m0/s1. The number of hydrogen-bond acceptors (Lipinski definition) is 6. The van der Waals surface area contributed by atoms with Crippen LogP contribution in [0.4, 0.5) is 10.7 Å². The van der Waals surface area contributed by atoms with E-state index in [1.54, 1.807) is 11.1 Å². The van der Waals surface area contributed by atoms with E-state index < -0.39 is 5.60 Å². The Labute approximate surface area is 200 Å². The van der Waals surface area contributed by atoms with Crippen LogP contribution in [0, 0.1) is 5.92 Å². The molecule has 5 rings (SSSR count). The molecule has 0 radical (unpaired) electrons. The van der Waals surface area contributed by atoms with Gasteiger partial charge in [0.25, 0.3) is 5.91 Å². The van der Waals surface area contributed by atoms with Gasteiger partial charge in [-0.25, -0.2) is 9.78 Å². The van der Waals surface area contributed by atoms with Gasteiger partial charge < -0.3 is 24.8 Å². The van der Waals surface area contributed by atoms with E-state index in [0.29, 0.717) is 37.2 Å². The zero-order chi connectivity index (χ0) is 24.1. The van der Waals surface area contributed by atoms with Crippen molar-refractivity contribution in [2.45, 2.75) is 83.4 Å². The fraction of sp³-hybridized carbons (Fsp3) is 0.680. The molecule has 2 aliphatic heterocycles. The van der Waals surface area contributed by atoms with Gasteiger partial charge in [0.05, 0.1) is 5.54 Å². The summed E-state index contributed by atoms with van der Waals surface area (Å²) in [5.74, 6) is 0.848. The van der Waals surface area contributed by atoms with Crippen molar-refractivity contribution in [3.63, 3.8) is 0 Å². The number of piperidine rings is 1. The van der Waals surface area contributed by atoms with Crippen LogP contribution >= 0.6 is 0 Å². The maximum atomic E-state index is 12.7. The average molecular weight is 469 g/mol.